The lowest BCUT2D eigenvalue weighted by molar-refractivity contribution is 0.181. The summed E-state index contributed by atoms with van der Waals surface area (Å²) in [7, 11) is 1.99. The van der Waals surface area contributed by atoms with Crippen LogP contribution in [0.25, 0.3) is 0 Å². The molecule has 1 aliphatic heterocycles. The van der Waals surface area contributed by atoms with Crippen LogP contribution in [0.5, 0.6) is 0 Å². The largest absolute Gasteiger partial charge is 0.381 e. The maximum Gasteiger partial charge on any atom is 0.0495 e. The molecule has 3 heteroatoms. The van der Waals surface area contributed by atoms with Crippen LogP contribution in [0.3, 0.4) is 0 Å². The molecule has 0 aromatic heterocycles. The zero-order valence-electron chi connectivity index (χ0n) is 9.58. The Labute approximate surface area is 102 Å². The highest BCUT2D eigenvalue weighted by molar-refractivity contribution is 6.31. The van der Waals surface area contributed by atoms with E-state index in [1.165, 1.54) is 12.0 Å². The van der Waals surface area contributed by atoms with Crippen molar-refractivity contribution in [3.05, 3.63) is 34.9 Å². The summed E-state index contributed by atoms with van der Waals surface area (Å²) >= 11 is 6.21. The Morgan fingerprint density at radius 2 is 2.31 bits per heavy atom. The highest BCUT2D eigenvalue weighted by atomic mass is 35.5. The predicted octanol–water partition coefficient (Wildman–Crippen LogP) is 3.03. The summed E-state index contributed by atoms with van der Waals surface area (Å²) in [5, 5.41) is 4.19. The van der Waals surface area contributed by atoms with Crippen LogP contribution in [-0.4, -0.2) is 20.3 Å². The van der Waals surface area contributed by atoms with E-state index in [4.69, 9.17) is 16.3 Å². The van der Waals surface area contributed by atoms with Gasteiger partial charge >= 0.3 is 0 Å². The van der Waals surface area contributed by atoms with Gasteiger partial charge in [0, 0.05) is 24.3 Å². The van der Waals surface area contributed by atoms with Gasteiger partial charge in [-0.2, -0.15) is 0 Å². The number of nitrogens with one attached hydrogen (secondary N) is 1. The Bertz CT molecular complexity index is 336. The fraction of sp³-hybridized carbons (Fsp3) is 0.538. The van der Waals surface area contributed by atoms with Crippen molar-refractivity contribution in [3.8, 4) is 0 Å². The minimum Gasteiger partial charge on any atom is -0.381 e. The second kappa shape index (κ2) is 5.67. The number of hydrogen-bond acceptors (Lipinski definition) is 2. The molecule has 0 aliphatic carbocycles. The average Bonchev–Trinajstić information content (AvgIpc) is 2.80. The molecule has 2 rings (SSSR count). The van der Waals surface area contributed by atoms with Gasteiger partial charge in [0.25, 0.3) is 0 Å². The Morgan fingerprint density at radius 3 is 2.94 bits per heavy atom. The highest BCUT2D eigenvalue weighted by Crippen LogP contribution is 2.30. The van der Waals surface area contributed by atoms with Gasteiger partial charge in [-0.25, -0.2) is 0 Å². The molecule has 0 spiro atoms. The van der Waals surface area contributed by atoms with Crippen LogP contribution in [0.2, 0.25) is 5.02 Å². The minimum absolute atomic E-state index is 0.334. The van der Waals surface area contributed by atoms with Crippen LogP contribution in [0.15, 0.2) is 24.3 Å². The third-order valence-electron chi connectivity index (χ3n) is 3.22. The van der Waals surface area contributed by atoms with Crippen molar-refractivity contribution >= 4 is 11.6 Å². The van der Waals surface area contributed by atoms with E-state index < -0.39 is 0 Å². The molecule has 1 aromatic rings. The minimum atomic E-state index is 0.334. The van der Waals surface area contributed by atoms with Gasteiger partial charge in [-0.3, -0.25) is 0 Å². The summed E-state index contributed by atoms with van der Waals surface area (Å²) in [6.45, 7) is 1.80. The summed E-state index contributed by atoms with van der Waals surface area (Å²) < 4.78 is 5.41. The summed E-state index contributed by atoms with van der Waals surface area (Å²) in [4.78, 5) is 0. The molecule has 88 valence electrons. The normalized spacial score (nSPS) is 22.2. The third-order valence-corrected chi connectivity index (χ3v) is 3.57. The number of benzene rings is 1. The zero-order chi connectivity index (χ0) is 11.4. The topological polar surface area (TPSA) is 21.3 Å². The number of halogens is 1. The van der Waals surface area contributed by atoms with E-state index >= 15 is 0 Å². The molecule has 2 unspecified atom stereocenters. The first kappa shape index (κ1) is 11.9. The molecule has 16 heavy (non-hydrogen) atoms. The van der Waals surface area contributed by atoms with Crippen molar-refractivity contribution in [3.63, 3.8) is 0 Å². The number of hydrogen-bond donors (Lipinski definition) is 1. The molecular formula is C13H18ClNO. The first-order chi connectivity index (χ1) is 7.81. The van der Waals surface area contributed by atoms with Crippen LogP contribution in [0.4, 0.5) is 0 Å². The van der Waals surface area contributed by atoms with E-state index in [0.29, 0.717) is 12.0 Å². The molecule has 0 saturated carbocycles. The molecule has 0 amide bonds. The van der Waals surface area contributed by atoms with Gasteiger partial charge < -0.3 is 10.1 Å². The smallest absolute Gasteiger partial charge is 0.0495 e. The summed E-state index contributed by atoms with van der Waals surface area (Å²) in [6, 6.07) is 8.39. The average molecular weight is 240 g/mol. The second-order valence-corrected chi connectivity index (χ2v) is 4.74. The van der Waals surface area contributed by atoms with Crippen LogP contribution < -0.4 is 5.32 Å². The van der Waals surface area contributed by atoms with Gasteiger partial charge in [0.2, 0.25) is 0 Å². The first-order valence-electron chi connectivity index (χ1n) is 5.80. The van der Waals surface area contributed by atoms with E-state index in [1.54, 1.807) is 0 Å². The van der Waals surface area contributed by atoms with Crippen LogP contribution in [0.1, 0.15) is 24.4 Å². The van der Waals surface area contributed by atoms with E-state index in [1.807, 2.05) is 25.2 Å². The van der Waals surface area contributed by atoms with Gasteiger partial charge in [0.1, 0.15) is 0 Å². The fourth-order valence-corrected chi connectivity index (χ4v) is 2.53. The summed E-state index contributed by atoms with van der Waals surface area (Å²) in [5.74, 6) is 0.661. The van der Waals surface area contributed by atoms with Crippen LogP contribution in [0, 0.1) is 5.92 Å². The lowest BCUT2D eigenvalue weighted by atomic mass is 9.94. The molecule has 1 aliphatic rings. The maximum atomic E-state index is 6.21. The molecule has 0 bridgehead atoms. The maximum absolute atomic E-state index is 6.21. The molecule has 2 nitrogen and oxygen atoms in total. The van der Waals surface area contributed by atoms with Crippen molar-refractivity contribution in [1.29, 1.82) is 0 Å². The first-order valence-corrected chi connectivity index (χ1v) is 6.18. The van der Waals surface area contributed by atoms with Crippen molar-refractivity contribution in [2.45, 2.75) is 18.9 Å². The Hall–Kier alpha value is -0.570. The van der Waals surface area contributed by atoms with Gasteiger partial charge in [-0.05, 0) is 37.4 Å². The van der Waals surface area contributed by atoms with Crippen LogP contribution in [-0.2, 0) is 4.74 Å². The molecule has 1 heterocycles. The second-order valence-electron chi connectivity index (χ2n) is 4.33. The monoisotopic (exact) mass is 239 g/mol. The lowest BCUT2D eigenvalue weighted by Crippen LogP contribution is -2.20. The predicted molar refractivity (Wildman–Crippen MR) is 66.8 cm³/mol. The fourth-order valence-electron chi connectivity index (χ4n) is 2.26. The SMILES string of the molecule is CNC(CC1CCOC1)c1ccccc1Cl. The van der Waals surface area contributed by atoms with Crippen LogP contribution >= 0.6 is 11.6 Å². The van der Waals surface area contributed by atoms with Crippen molar-refractivity contribution in [1.82, 2.24) is 5.32 Å². The van der Waals surface area contributed by atoms with Gasteiger partial charge in [0.15, 0.2) is 0 Å². The number of ether oxygens (including phenoxy) is 1. The molecule has 1 N–H and O–H groups in total. The van der Waals surface area contributed by atoms with E-state index in [2.05, 4.69) is 11.4 Å². The molecule has 1 aromatic carbocycles. The van der Waals surface area contributed by atoms with Gasteiger partial charge in [-0.1, -0.05) is 29.8 Å². The molecular weight excluding hydrogens is 222 g/mol. The lowest BCUT2D eigenvalue weighted by Gasteiger charge is -2.20. The van der Waals surface area contributed by atoms with Gasteiger partial charge in [0.05, 0.1) is 0 Å². The van der Waals surface area contributed by atoms with E-state index in [9.17, 15) is 0 Å². The Morgan fingerprint density at radius 1 is 1.50 bits per heavy atom. The third kappa shape index (κ3) is 2.76. The Balaban J connectivity index is 2.06. The molecule has 0 radical (unpaired) electrons. The number of rotatable bonds is 4. The Kier molecular flexibility index (Phi) is 4.22. The van der Waals surface area contributed by atoms with Crippen molar-refractivity contribution in [2.75, 3.05) is 20.3 Å². The quantitative estimate of drug-likeness (QED) is 0.872. The van der Waals surface area contributed by atoms with Crippen molar-refractivity contribution in [2.24, 2.45) is 5.92 Å². The van der Waals surface area contributed by atoms with Crippen molar-refractivity contribution < 1.29 is 4.74 Å². The zero-order valence-corrected chi connectivity index (χ0v) is 10.3. The highest BCUT2D eigenvalue weighted by Gasteiger charge is 2.21. The summed E-state index contributed by atoms with van der Waals surface area (Å²) in [5.41, 5.74) is 1.19. The molecule has 1 fully saturated rings. The van der Waals surface area contributed by atoms with Gasteiger partial charge in [-0.15, -0.1) is 0 Å². The summed E-state index contributed by atoms with van der Waals surface area (Å²) in [6.07, 6.45) is 2.27. The molecule has 1 saturated heterocycles. The molecule has 2 atom stereocenters. The van der Waals surface area contributed by atoms with E-state index in [0.717, 1.165) is 24.7 Å². The van der Waals surface area contributed by atoms with E-state index in [-0.39, 0.29) is 0 Å². The standard InChI is InChI=1S/C13H18ClNO/c1-15-13(8-10-6-7-16-9-10)11-4-2-3-5-12(11)14/h2-5,10,13,15H,6-9H2,1H3.